The molecule has 6 nitrogen and oxygen atoms in total. The van der Waals surface area contributed by atoms with Crippen molar-refractivity contribution in [2.75, 3.05) is 6.61 Å². The lowest BCUT2D eigenvalue weighted by Gasteiger charge is -2.16. The molecular formula is C10H13ClF3N3O3S. The minimum absolute atomic E-state index is 0.0618. The Morgan fingerprint density at radius 3 is 2.62 bits per heavy atom. The van der Waals surface area contributed by atoms with E-state index in [0.29, 0.717) is 10.7 Å². The van der Waals surface area contributed by atoms with Crippen LogP contribution in [0, 0.1) is 0 Å². The summed E-state index contributed by atoms with van der Waals surface area (Å²) in [6.07, 6.45) is 0. The molecule has 0 saturated carbocycles. The first-order chi connectivity index (χ1) is 9.56. The number of alkyl halides is 3. The Balaban J connectivity index is 2.64. The molecule has 0 unspecified atom stereocenters. The van der Waals surface area contributed by atoms with Crippen molar-refractivity contribution >= 4 is 21.6 Å². The van der Waals surface area contributed by atoms with Gasteiger partial charge in [-0.2, -0.15) is 13.2 Å². The summed E-state index contributed by atoms with van der Waals surface area (Å²) in [5, 5.41) is 0.329. The Hall–Kier alpha value is -1.10. The molecule has 1 aromatic rings. The van der Waals surface area contributed by atoms with Gasteiger partial charge in [-0.05, 0) is 13.0 Å². The number of hydrogen-bond acceptors (Lipinski definition) is 5. The molecule has 0 bridgehead atoms. The second kappa shape index (κ2) is 6.77. The average molecular weight is 348 g/mol. The molecule has 1 heterocycles. The lowest BCUT2D eigenvalue weighted by atomic mass is 10.3. The lowest BCUT2D eigenvalue weighted by molar-refractivity contribution is -0.0451. The third-order valence-electron chi connectivity index (χ3n) is 2.23. The fraction of sp³-hybridized carbons (Fsp3) is 0.500. The van der Waals surface area contributed by atoms with Gasteiger partial charge in [0.2, 0.25) is 5.88 Å². The zero-order valence-corrected chi connectivity index (χ0v) is 12.4. The highest BCUT2D eigenvalue weighted by molar-refractivity contribution is 7.90. The van der Waals surface area contributed by atoms with Crippen LogP contribution in [0.25, 0.3) is 0 Å². The van der Waals surface area contributed by atoms with Crippen LogP contribution in [0.4, 0.5) is 13.2 Å². The Bertz CT molecular complexity index is 595. The Kier molecular flexibility index (Phi) is 5.79. The number of halogens is 4. The van der Waals surface area contributed by atoms with Crippen molar-refractivity contribution in [3.05, 3.63) is 22.8 Å². The van der Waals surface area contributed by atoms with E-state index in [2.05, 4.69) is 4.98 Å². The maximum absolute atomic E-state index is 12.2. The van der Waals surface area contributed by atoms with E-state index in [0.717, 1.165) is 0 Å². The summed E-state index contributed by atoms with van der Waals surface area (Å²) in [5.74, 6) is 0.0814. The largest absolute Gasteiger partial charge is 0.511 e. The number of nitrogens with two attached hydrogens (primary N) is 1. The van der Waals surface area contributed by atoms with Crippen molar-refractivity contribution in [2.24, 2.45) is 5.73 Å². The van der Waals surface area contributed by atoms with Gasteiger partial charge in [-0.15, -0.1) is 0 Å². The minimum atomic E-state index is -5.41. The Morgan fingerprint density at radius 2 is 2.10 bits per heavy atom. The molecule has 0 spiro atoms. The third kappa shape index (κ3) is 4.99. The number of hydrogen-bond donors (Lipinski definition) is 2. The molecule has 3 N–H and O–H groups in total. The molecule has 0 aromatic carbocycles. The van der Waals surface area contributed by atoms with E-state index in [1.54, 1.807) is 0 Å². The smallest absolute Gasteiger partial charge is 0.476 e. The van der Waals surface area contributed by atoms with Crippen LogP contribution >= 0.6 is 11.6 Å². The number of rotatable bonds is 6. The zero-order chi connectivity index (χ0) is 16.3. The molecule has 1 aromatic heterocycles. The highest BCUT2D eigenvalue weighted by Crippen LogP contribution is 2.22. The maximum atomic E-state index is 12.2. The van der Waals surface area contributed by atoms with Crippen LogP contribution in [-0.4, -0.2) is 31.6 Å². The molecule has 0 fully saturated rings. The molecule has 0 saturated heterocycles. The number of nitrogens with one attached hydrogen (secondary N) is 1. The second-order valence-electron chi connectivity index (χ2n) is 4.06. The van der Waals surface area contributed by atoms with Crippen molar-refractivity contribution in [2.45, 2.75) is 25.0 Å². The number of pyridine rings is 1. The maximum Gasteiger partial charge on any atom is 0.511 e. The number of aromatic nitrogens is 1. The van der Waals surface area contributed by atoms with E-state index in [4.69, 9.17) is 22.1 Å². The average Bonchev–Trinajstić information content (AvgIpc) is 2.36. The quantitative estimate of drug-likeness (QED) is 0.811. The molecule has 11 heteroatoms. The SMILES string of the molecule is C[C@@H](COc1ccc(Cl)c(CN)n1)NS(=O)(=O)C(F)(F)F. The van der Waals surface area contributed by atoms with Gasteiger partial charge >= 0.3 is 15.5 Å². The van der Waals surface area contributed by atoms with Crippen molar-refractivity contribution in [3.63, 3.8) is 0 Å². The van der Waals surface area contributed by atoms with Gasteiger partial charge in [0.25, 0.3) is 0 Å². The number of nitrogens with zero attached hydrogens (tertiary/aromatic N) is 1. The van der Waals surface area contributed by atoms with E-state index < -0.39 is 21.6 Å². The van der Waals surface area contributed by atoms with E-state index in [1.165, 1.54) is 23.8 Å². The molecule has 0 radical (unpaired) electrons. The van der Waals surface area contributed by atoms with E-state index in [9.17, 15) is 21.6 Å². The van der Waals surface area contributed by atoms with Crippen molar-refractivity contribution in [1.29, 1.82) is 0 Å². The highest BCUT2D eigenvalue weighted by Gasteiger charge is 2.46. The normalized spacial score (nSPS) is 14.0. The van der Waals surface area contributed by atoms with E-state index in [-0.39, 0.29) is 19.0 Å². The summed E-state index contributed by atoms with van der Waals surface area (Å²) in [4.78, 5) is 3.93. The fourth-order valence-corrected chi connectivity index (χ4v) is 2.18. The predicted molar refractivity (Wildman–Crippen MR) is 70.2 cm³/mol. The summed E-state index contributed by atoms with van der Waals surface area (Å²) in [6, 6.07) is 1.76. The van der Waals surface area contributed by atoms with Crippen molar-refractivity contribution in [1.82, 2.24) is 9.71 Å². The number of sulfonamides is 1. The first kappa shape index (κ1) is 18.0. The van der Waals surface area contributed by atoms with Crippen LogP contribution in [0.5, 0.6) is 5.88 Å². The van der Waals surface area contributed by atoms with Gasteiger partial charge in [-0.1, -0.05) is 11.6 Å². The van der Waals surface area contributed by atoms with Gasteiger partial charge < -0.3 is 10.5 Å². The lowest BCUT2D eigenvalue weighted by Crippen LogP contribution is -2.43. The summed E-state index contributed by atoms with van der Waals surface area (Å²) in [6.45, 7) is 0.948. The molecular weight excluding hydrogens is 335 g/mol. The van der Waals surface area contributed by atoms with Crippen LogP contribution in [0.3, 0.4) is 0 Å². The molecule has 1 atom stereocenters. The van der Waals surface area contributed by atoms with Crippen LogP contribution in [0.2, 0.25) is 5.02 Å². The summed E-state index contributed by atoms with van der Waals surface area (Å²) in [5.41, 5.74) is 0.378. The van der Waals surface area contributed by atoms with Crippen molar-refractivity contribution < 1.29 is 26.3 Å². The molecule has 0 aliphatic rings. The van der Waals surface area contributed by atoms with Crippen LogP contribution in [-0.2, 0) is 16.6 Å². The van der Waals surface area contributed by atoms with Crippen LogP contribution < -0.4 is 15.2 Å². The van der Waals surface area contributed by atoms with Gasteiger partial charge in [-0.25, -0.2) is 18.1 Å². The first-order valence-corrected chi connectivity index (χ1v) is 7.50. The van der Waals surface area contributed by atoms with Crippen molar-refractivity contribution in [3.8, 4) is 5.88 Å². The zero-order valence-electron chi connectivity index (χ0n) is 10.8. The first-order valence-electron chi connectivity index (χ1n) is 5.63. The minimum Gasteiger partial charge on any atom is -0.476 e. The predicted octanol–water partition coefficient (Wildman–Crippen LogP) is 1.40. The van der Waals surface area contributed by atoms with Gasteiger partial charge in [0.05, 0.1) is 16.8 Å². The molecule has 0 aliphatic heterocycles. The number of ether oxygens (including phenoxy) is 1. The molecule has 1 rings (SSSR count). The standard InChI is InChI=1S/C10H13ClF3N3O3S/c1-6(17-21(18,19)10(12,13)14)5-20-9-3-2-7(11)8(4-15)16-9/h2-3,6,17H,4-5,15H2,1H3/t6-/m0/s1. The van der Waals surface area contributed by atoms with E-state index >= 15 is 0 Å². The molecule has 0 amide bonds. The second-order valence-corrected chi connectivity index (χ2v) is 6.17. The van der Waals surface area contributed by atoms with Crippen LogP contribution in [0.1, 0.15) is 12.6 Å². The van der Waals surface area contributed by atoms with Gasteiger partial charge in [0, 0.05) is 12.6 Å². The molecule has 120 valence electrons. The van der Waals surface area contributed by atoms with Gasteiger partial charge in [0.1, 0.15) is 6.61 Å². The highest BCUT2D eigenvalue weighted by atomic mass is 35.5. The third-order valence-corrected chi connectivity index (χ3v) is 3.89. The van der Waals surface area contributed by atoms with Crippen LogP contribution in [0.15, 0.2) is 12.1 Å². The Labute approximate surface area is 124 Å². The van der Waals surface area contributed by atoms with Gasteiger partial charge in [-0.3, -0.25) is 0 Å². The summed E-state index contributed by atoms with van der Waals surface area (Å²) < 4.78 is 64.8. The topological polar surface area (TPSA) is 94.3 Å². The molecule has 21 heavy (non-hydrogen) atoms. The van der Waals surface area contributed by atoms with E-state index in [1.807, 2.05) is 0 Å². The summed E-state index contributed by atoms with van der Waals surface area (Å²) in [7, 11) is -5.41. The summed E-state index contributed by atoms with van der Waals surface area (Å²) >= 11 is 5.78. The Morgan fingerprint density at radius 1 is 1.48 bits per heavy atom. The monoisotopic (exact) mass is 347 g/mol. The van der Waals surface area contributed by atoms with Gasteiger partial charge in [0.15, 0.2) is 0 Å². The fourth-order valence-electron chi connectivity index (χ4n) is 1.26. The molecule has 0 aliphatic carbocycles.